The second kappa shape index (κ2) is 5.92. The van der Waals surface area contributed by atoms with Crippen LogP contribution in [0, 0.1) is 17.2 Å². The number of hydrogen-bond acceptors (Lipinski definition) is 5. The number of nitrogens with zero attached hydrogens (tertiary/aromatic N) is 3. The molecule has 23 heavy (non-hydrogen) atoms. The Morgan fingerprint density at radius 1 is 1.52 bits per heavy atom. The van der Waals surface area contributed by atoms with Gasteiger partial charge >= 0.3 is 0 Å². The monoisotopic (exact) mass is 312 g/mol. The number of rotatable bonds is 3. The first-order valence-electron chi connectivity index (χ1n) is 7.87. The molecule has 0 spiro atoms. The Labute approximate surface area is 135 Å². The molecule has 1 aliphatic heterocycles. The number of carbonyl (C=O) groups is 1. The van der Waals surface area contributed by atoms with Gasteiger partial charge in [-0.25, -0.2) is 0 Å². The van der Waals surface area contributed by atoms with Crippen LogP contribution in [-0.2, 0) is 16.1 Å². The molecule has 1 aromatic heterocycles. The molecule has 3 rings (SSSR count). The molecule has 2 aliphatic rings. The van der Waals surface area contributed by atoms with Gasteiger partial charge in [0.25, 0.3) is 0 Å². The summed E-state index contributed by atoms with van der Waals surface area (Å²) in [6.45, 7) is 5.00. The van der Waals surface area contributed by atoms with Crippen molar-refractivity contribution in [3.05, 3.63) is 40.7 Å². The Bertz CT molecular complexity index is 749. The van der Waals surface area contributed by atoms with Crippen LogP contribution in [-0.4, -0.2) is 15.6 Å². The lowest BCUT2D eigenvalue weighted by molar-refractivity contribution is -0.116. The third-order valence-corrected chi connectivity index (χ3v) is 4.14. The van der Waals surface area contributed by atoms with Crippen LogP contribution in [0.25, 0.3) is 0 Å². The first kappa shape index (κ1) is 15.3. The standard InChI is InChI=1S/C17H20N4O2/c1-10(2)8-21-9-11(7-20-21)15-12(6-18)17(19)23-14-5-3-4-13(22)16(14)15/h7,9-10,15H,3-5,8,19H2,1-2H3/t15-/m1/s1. The van der Waals surface area contributed by atoms with Crippen molar-refractivity contribution in [1.82, 2.24) is 9.78 Å². The number of carbonyl (C=O) groups excluding carboxylic acids is 1. The molecule has 0 saturated carbocycles. The van der Waals surface area contributed by atoms with Crippen molar-refractivity contribution in [3.8, 4) is 6.07 Å². The van der Waals surface area contributed by atoms with Gasteiger partial charge in [0.15, 0.2) is 5.78 Å². The normalized spacial score (nSPS) is 21.3. The van der Waals surface area contributed by atoms with Crippen LogP contribution in [0.3, 0.4) is 0 Å². The van der Waals surface area contributed by atoms with Crippen molar-refractivity contribution < 1.29 is 9.53 Å². The van der Waals surface area contributed by atoms with E-state index in [1.807, 2.05) is 10.9 Å². The van der Waals surface area contributed by atoms with E-state index >= 15 is 0 Å². The van der Waals surface area contributed by atoms with Gasteiger partial charge in [-0.3, -0.25) is 9.48 Å². The Kier molecular flexibility index (Phi) is 3.95. The van der Waals surface area contributed by atoms with Crippen LogP contribution in [0.15, 0.2) is 35.2 Å². The second-order valence-corrected chi connectivity index (χ2v) is 6.43. The Morgan fingerprint density at radius 2 is 2.30 bits per heavy atom. The molecule has 6 nitrogen and oxygen atoms in total. The number of ketones is 1. The van der Waals surface area contributed by atoms with Crippen LogP contribution in [0.5, 0.6) is 0 Å². The Hall–Kier alpha value is -2.55. The van der Waals surface area contributed by atoms with Gasteiger partial charge in [0, 0.05) is 36.7 Å². The summed E-state index contributed by atoms with van der Waals surface area (Å²) in [5.74, 6) is 0.743. The predicted octanol–water partition coefficient (Wildman–Crippen LogP) is 2.35. The maximum Gasteiger partial charge on any atom is 0.205 e. The smallest absolute Gasteiger partial charge is 0.205 e. The number of Topliss-reactive ketones (excluding diaryl/α,β-unsaturated/α-hetero) is 1. The fraction of sp³-hybridized carbons (Fsp3) is 0.471. The van der Waals surface area contributed by atoms with Crippen molar-refractivity contribution in [2.75, 3.05) is 0 Å². The van der Waals surface area contributed by atoms with Crippen LogP contribution in [0.1, 0.15) is 44.6 Å². The minimum absolute atomic E-state index is 0.0353. The van der Waals surface area contributed by atoms with E-state index in [4.69, 9.17) is 10.5 Å². The van der Waals surface area contributed by atoms with Gasteiger partial charge in [0.1, 0.15) is 17.4 Å². The number of nitriles is 1. The molecule has 0 unspecified atom stereocenters. The molecular weight excluding hydrogens is 292 g/mol. The summed E-state index contributed by atoms with van der Waals surface area (Å²) in [5, 5.41) is 13.9. The highest BCUT2D eigenvalue weighted by Gasteiger charge is 2.38. The van der Waals surface area contributed by atoms with Gasteiger partial charge < -0.3 is 10.5 Å². The summed E-state index contributed by atoms with van der Waals surface area (Å²) in [6, 6.07) is 2.11. The van der Waals surface area contributed by atoms with E-state index < -0.39 is 5.92 Å². The lowest BCUT2D eigenvalue weighted by atomic mass is 9.78. The SMILES string of the molecule is CC(C)Cn1cc([C@@H]2C(C#N)=C(N)OC3=C2C(=O)CCC3)cn1. The lowest BCUT2D eigenvalue weighted by Crippen LogP contribution is -2.27. The molecule has 0 aromatic carbocycles. The van der Waals surface area contributed by atoms with E-state index in [9.17, 15) is 10.1 Å². The molecule has 1 atom stereocenters. The van der Waals surface area contributed by atoms with Crippen LogP contribution in [0.4, 0.5) is 0 Å². The molecule has 0 saturated heterocycles. The third-order valence-electron chi connectivity index (χ3n) is 4.14. The molecule has 0 amide bonds. The quantitative estimate of drug-likeness (QED) is 0.924. The van der Waals surface area contributed by atoms with Crippen LogP contribution >= 0.6 is 0 Å². The van der Waals surface area contributed by atoms with E-state index in [2.05, 4.69) is 25.0 Å². The van der Waals surface area contributed by atoms with Crippen molar-refractivity contribution in [2.45, 2.75) is 45.6 Å². The van der Waals surface area contributed by atoms with Crippen molar-refractivity contribution in [1.29, 1.82) is 5.26 Å². The van der Waals surface area contributed by atoms with Gasteiger partial charge in [0.2, 0.25) is 5.88 Å². The largest absolute Gasteiger partial charge is 0.444 e. The van der Waals surface area contributed by atoms with Gasteiger partial charge in [-0.05, 0) is 12.3 Å². The zero-order chi connectivity index (χ0) is 16.6. The van der Waals surface area contributed by atoms with Crippen LogP contribution < -0.4 is 5.73 Å². The first-order chi connectivity index (χ1) is 11.0. The zero-order valence-corrected chi connectivity index (χ0v) is 13.4. The summed E-state index contributed by atoms with van der Waals surface area (Å²) in [7, 11) is 0. The first-order valence-corrected chi connectivity index (χ1v) is 7.87. The minimum Gasteiger partial charge on any atom is -0.444 e. The Morgan fingerprint density at radius 3 is 3.00 bits per heavy atom. The molecule has 6 heteroatoms. The summed E-state index contributed by atoms with van der Waals surface area (Å²) in [6.07, 6.45) is 5.53. The third kappa shape index (κ3) is 2.74. The van der Waals surface area contributed by atoms with E-state index in [1.54, 1.807) is 6.20 Å². The number of nitrogens with two attached hydrogens (primary N) is 1. The number of aromatic nitrogens is 2. The molecule has 0 radical (unpaired) electrons. The molecule has 120 valence electrons. The highest BCUT2D eigenvalue weighted by atomic mass is 16.5. The van der Waals surface area contributed by atoms with E-state index in [-0.39, 0.29) is 11.7 Å². The fourth-order valence-corrected chi connectivity index (χ4v) is 3.19. The van der Waals surface area contributed by atoms with E-state index in [0.717, 1.165) is 18.5 Å². The lowest BCUT2D eigenvalue weighted by Gasteiger charge is -2.30. The zero-order valence-electron chi connectivity index (χ0n) is 13.4. The highest BCUT2D eigenvalue weighted by Crippen LogP contribution is 2.43. The van der Waals surface area contributed by atoms with Crippen molar-refractivity contribution >= 4 is 5.78 Å². The Balaban J connectivity index is 2.06. The molecule has 0 bridgehead atoms. The summed E-state index contributed by atoms with van der Waals surface area (Å²) < 4.78 is 7.40. The molecule has 1 aromatic rings. The number of allylic oxidation sites excluding steroid dienone is 3. The summed E-state index contributed by atoms with van der Waals surface area (Å²) in [5.41, 5.74) is 7.60. The van der Waals surface area contributed by atoms with Gasteiger partial charge in [-0.1, -0.05) is 13.8 Å². The average Bonchev–Trinajstić information content (AvgIpc) is 2.93. The minimum atomic E-state index is -0.461. The van der Waals surface area contributed by atoms with Crippen LogP contribution in [0.2, 0.25) is 0 Å². The molecular formula is C17H20N4O2. The molecule has 2 N–H and O–H groups in total. The maximum atomic E-state index is 12.4. The fourth-order valence-electron chi connectivity index (χ4n) is 3.19. The van der Waals surface area contributed by atoms with Crippen molar-refractivity contribution in [3.63, 3.8) is 0 Å². The number of ether oxygens (including phenoxy) is 1. The van der Waals surface area contributed by atoms with E-state index in [1.165, 1.54) is 0 Å². The maximum absolute atomic E-state index is 12.4. The van der Waals surface area contributed by atoms with Crippen molar-refractivity contribution in [2.24, 2.45) is 11.7 Å². The molecule has 2 heterocycles. The number of hydrogen-bond donors (Lipinski definition) is 1. The molecule has 0 fully saturated rings. The average molecular weight is 312 g/mol. The molecule has 1 aliphatic carbocycles. The second-order valence-electron chi connectivity index (χ2n) is 6.43. The predicted molar refractivity (Wildman–Crippen MR) is 83.6 cm³/mol. The van der Waals surface area contributed by atoms with Gasteiger partial charge in [-0.15, -0.1) is 0 Å². The topological polar surface area (TPSA) is 93.9 Å². The van der Waals surface area contributed by atoms with Gasteiger partial charge in [0.05, 0.1) is 12.1 Å². The summed E-state index contributed by atoms with van der Waals surface area (Å²) in [4.78, 5) is 12.4. The van der Waals surface area contributed by atoms with E-state index in [0.29, 0.717) is 35.7 Å². The highest BCUT2D eigenvalue weighted by molar-refractivity contribution is 5.99. The summed E-state index contributed by atoms with van der Waals surface area (Å²) >= 11 is 0. The van der Waals surface area contributed by atoms with Gasteiger partial charge in [-0.2, -0.15) is 10.4 Å².